The fraction of sp³-hybridized carbons (Fsp3) is 1.00. The van der Waals surface area contributed by atoms with Crippen molar-refractivity contribution in [2.45, 2.75) is 44.6 Å². The Hall–Kier alpha value is -0.120. The fourth-order valence-corrected chi connectivity index (χ4v) is 4.02. The van der Waals surface area contributed by atoms with Gasteiger partial charge in [0.05, 0.1) is 6.10 Å². The molecule has 3 nitrogen and oxygen atoms in total. The molecule has 3 rings (SSSR count). The topological polar surface area (TPSA) is 24.5 Å². The van der Waals surface area contributed by atoms with Crippen molar-refractivity contribution in [2.75, 3.05) is 39.3 Å². The SMILES string of the molecule is C1CC2CN(CCCOC3CCNCC3)CC2C1. The molecule has 104 valence electrons. The van der Waals surface area contributed by atoms with Crippen molar-refractivity contribution < 1.29 is 4.74 Å². The Balaban J connectivity index is 1.26. The summed E-state index contributed by atoms with van der Waals surface area (Å²) in [6, 6.07) is 0. The van der Waals surface area contributed by atoms with Gasteiger partial charge in [0.15, 0.2) is 0 Å². The maximum Gasteiger partial charge on any atom is 0.0599 e. The summed E-state index contributed by atoms with van der Waals surface area (Å²) in [6.45, 7) is 7.25. The number of hydrogen-bond acceptors (Lipinski definition) is 3. The number of piperidine rings is 1. The van der Waals surface area contributed by atoms with Gasteiger partial charge >= 0.3 is 0 Å². The van der Waals surface area contributed by atoms with Gasteiger partial charge in [-0.1, -0.05) is 6.42 Å². The molecule has 3 aliphatic rings. The third-order valence-corrected chi connectivity index (χ3v) is 5.06. The minimum Gasteiger partial charge on any atom is -0.378 e. The Bertz CT molecular complexity index is 241. The average molecular weight is 252 g/mol. The zero-order valence-corrected chi connectivity index (χ0v) is 11.6. The molecule has 1 N–H and O–H groups in total. The molecule has 0 amide bonds. The molecule has 0 aromatic carbocycles. The molecule has 18 heavy (non-hydrogen) atoms. The molecule has 1 aliphatic carbocycles. The molecule has 2 unspecified atom stereocenters. The van der Waals surface area contributed by atoms with Crippen molar-refractivity contribution in [2.24, 2.45) is 11.8 Å². The molecule has 3 heteroatoms. The summed E-state index contributed by atoms with van der Waals surface area (Å²) < 4.78 is 5.97. The van der Waals surface area contributed by atoms with Crippen LogP contribution in [-0.2, 0) is 4.74 Å². The molecule has 2 heterocycles. The summed E-state index contributed by atoms with van der Waals surface area (Å²) >= 11 is 0. The first-order chi connectivity index (χ1) is 8.92. The zero-order valence-electron chi connectivity index (χ0n) is 11.6. The standard InChI is InChI=1S/C15H28N2O/c1-3-13-11-17(12-14(13)4-1)9-2-10-18-15-5-7-16-8-6-15/h13-16H,1-12H2. The van der Waals surface area contributed by atoms with Crippen LogP contribution in [0.1, 0.15) is 38.5 Å². The van der Waals surface area contributed by atoms with E-state index in [1.165, 1.54) is 58.2 Å². The number of fused-ring (bicyclic) bond motifs is 1. The van der Waals surface area contributed by atoms with E-state index < -0.39 is 0 Å². The maximum atomic E-state index is 5.97. The third kappa shape index (κ3) is 3.25. The highest BCUT2D eigenvalue weighted by Crippen LogP contribution is 2.37. The Morgan fingerprint density at radius 1 is 1.00 bits per heavy atom. The summed E-state index contributed by atoms with van der Waals surface area (Å²) in [7, 11) is 0. The Morgan fingerprint density at radius 2 is 1.72 bits per heavy atom. The zero-order chi connectivity index (χ0) is 12.2. The van der Waals surface area contributed by atoms with Crippen LogP contribution in [0, 0.1) is 11.8 Å². The van der Waals surface area contributed by atoms with E-state index in [0.717, 1.165) is 31.5 Å². The van der Waals surface area contributed by atoms with Gasteiger partial charge in [0.1, 0.15) is 0 Å². The molecule has 0 spiro atoms. The van der Waals surface area contributed by atoms with E-state index in [2.05, 4.69) is 10.2 Å². The van der Waals surface area contributed by atoms with Gasteiger partial charge in [-0.2, -0.15) is 0 Å². The van der Waals surface area contributed by atoms with E-state index >= 15 is 0 Å². The van der Waals surface area contributed by atoms with Crippen LogP contribution in [0.5, 0.6) is 0 Å². The summed E-state index contributed by atoms with van der Waals surface area (Å²) in [6.07, 6.45) is 8.64. The number of ether oxygens (including phenoxy) is 1. The second-order valence-electron chi connectivity index (χ2n) is 6.38. The first-order valence-electron chi connectivity index (χ1n) is 7.96. The molecule has 3 fully saturated rings. The van der Waals surface area contributed by atoms with Crippen molar-refractivity contribution in [3.8, 4) is 0 Å². The Labute approximate surface area is 111 Å². The molecule has 2 saturated heterocycles. The van der Waals surface area contributed by atoms with Crippen LogP contribution < -0.4 is 5.32 Å². The molecule has 2 aliphatic heterocycles. The van der Waals surface area contributed by atoms with E-state index in [1.54, 1.807) is 0 Å². The van der Waals surface area contributed by atoms with Gasteiger partial charge in [-0.3, -0.25) is 0 Å². The highest BCUT2D eigenvalue weighted by Gasteiger charge is 2.35. The maximum absolute atomic E-state index is 5.97. The normalized spacial score (nSPS) is 34.0. The monoisotopic (exact) mass is 252 g/mol. The second-order valence-corrected chi connectivity index (χ2v) is 6.38. The van der Waals surface area contributed by atoms with Gasteiger partial charge in [-0.05, 0) is 57.0 Å². The molecule has 0 radical (unpaired) electrons. The Morgan fingerprint density at radius 3 is 2.44 bits per heavy atom. The number of hydrogen-bond donors (Lipinski definition) is 1. The van der Waals surface area contributed by atoms with E-state index in [1.807, 2.05) is 0 Å². The molecule has 0 aromatic heterocycles. The third-order valence-electron chi connectivity index (χ3n) is 5.06. The number of nitrogens with zero attached hydrogens (tertiary/aromatic N) is 1. The predicted molar refractivity (Wildman–Crippen MR) is 73.7 cm³/mol. The van der Waals surface area contributed by atoms with Crippen LogP contribution in [0.2, 0.25) is 0 Å². The summed E-state index contributed by atoms with van der Waals surface area (Å²) in [5.41, 5.74) is 0. The predicted octanol–water partition coefficient (Wildman–Crippen LogP) is 1.88. The molecule has 2 atom stereocenters. The van der Waals surface area contributed by atoms with Gasteiger partial charge in [-0.25, -0.2) is 0 Å². The summed E-state index contributed by atoms with van der Waals surface area (Å²) in [5, 5.41) is 3.38. The lowest BCUT2D eigenvalue weighted by Gasteiger charge is -2.23. The molecule has 0 bridgehead atoms. The molecular formula is C15H28N2O. The van der Waals surface area contributed by atoms with Crippen molar-refractivity contribution in [1.29, 1.82) is 0 Å². The van der Waals surface area contributed by atoms with Crippen molar-refractivity contribution in [3.05, 3.63) is 0 Å². The number of nitrogens with one attached hydrogen (secondary N) is 1. The van der Waals surface area contributed by atoms with E-state index in [4.69, 9.17) is 4.74 Å². The van der Waals surface area contributed by atoms with Gasteiger partial charge in [-0.15, -0.1) is 0 Å². The lowest BCUT2D eigenvalue weighted by Crippen LogP contribution is -2.33. The fourth-order valence-electron chi connectivity index (χ4n) is 4.02. The van der Waals surface area contributed by atoms with Gasteiger partial charge in [0.25, 0.3) is 0 Å². The highest BCUT2D eigenvalue weighted by atomic mass is 16.5. The number of likely N-dealkylation sites (tertiary alicyclic amines) is 1. The first kappa shape index (κ1) is 12.9. The lowest BCUT2D eigenvalue weighted by atomic mass is 10.0. The van der Waals surface area contributed by atoms with Crippen molar-refractivity contribution in [1.82, 2.24) is 10.2 Å². The van der Waals surface area contributed by atoms with Crippen molar-refractivity contribution >= 4 is 0 Å². The van der Waals surface area contributed by atoms with Crippen LogP contribution >= 0.6 is 0 Å². The van der Waals surface area contributed by atoms with Crippen LogP contribution in [-0.4, -0.2) is 50.3 Å². The van der Waals surface area contributed by atoms with Crippen LogP contribution in [0.3, 0.4) is 0 Å². The van der Waals surface area contributed by atoms with E-state index in [9.17, 15) is 0 Å². The smallest absolute Gasteiger partial charge is 0.0599 e. The largest absolute Gasteiger partial charge is 0.378 e. The molecule has 1 saturated carbocycles. The van der Waals surface area contributed by atoms with Gasteiger partial charge < -0.3 is 15.0 Å². The average Bonchev–Trinajstić information content (AvgIpc) is 2.96. The van der Waals surface area contributed by atoms with Crippen molar-refractivity contribution in [3.63, 3.8) is 0 Å². The highest BCUT2D eigenvalue weighted by molar-refractivity contribution is 4.88. The van der Waals surface area contributed by atoms with E-state index in [0.29, 0.717) is 6.10 Å². The van der Waals surface area contributed by atoms with Crippen LogP contribution in [0.15, 0.2) is 0 Å². The first-order valence-corrected chi connectivity index (χ1v) is 7.96. The van der Waals surface area contributed by atoms with E-state index in [-0.39, 0.29) is 0 Å². The molecule has 0 aromatic rings. The van der Waals surface area contributed by atoms with Gasteiger partial charge in [0.2, 0.25) is 0 Å². The molecular weight excluding hydrogens is 224 g/mol. The van der Waals surface area contributed by atoms with Crippen LogP contribution in [0.4, 0.5) is 0 Å². The quantitative estimate of drug-likeness (QED) is 0.756. The summed E-state index contributed by atoms with van der Waals surface area (Å²) in [5.74, 6) is 2.07. The minimum atomic E-state index is 0.532. The second kappa shape index (κ2) is 6.36. The van der Waals surface area contributed by atoms with Crippen LogP contribution in [0.25, 0.3) is 0 Å². The minimum absolute atomic E-state index is 0.532. The summed E-state index contributed by atoms with van der Waals surface area (Å²) in [4.78, 5) is 2.68. The lowest BCUT2D eigenvalue weighted by molar-refractivity contribution is 0.0283. The Kier molecular flexibility index (Phi) is 4.55. The number of rotatable bonds is 5. The van der Waals surface area contributed by atoms with Gasteiger partial charge in [0, 0.05) is 26.2 Å².